The predicted octanol–water partition coefficient (Wildman–Crippen LogP) is -0.968. The van der Waals surface area contributed by atoms with E-state index < -0.39 is 0 Å². The molecule has 0 aromatic carbocycles. The number of hydrogen-bond donors (Lipinski definition) is 5. The van der Waals surface area contributed by atoms with Crippen molar-refractivity contribution in [2.75, 3.05) is 19.6 Å². The first-order chi connectivity index (χ1) is 8.74. The molecule has 1 aliphatic heterocycles. The molecular weight excluding hydrogens is 230 g/mol. The third-order valence-electron chi connectivity index (χ3n) is 2.70. The van der Waals surface area contributed by atoms with Gasteiger partial charge in [-0.25, -0.2) is 0 Å². The number of nitrogens with one attached hydrogen (secondary N) is 5. The summed E-state index contributed by atoms with van der Waals surface area (Å²) in [6.45, 7) is 8.62. The van der Waals surface area contributed by atoms with Crippen molar-refractivity contribution in [2.45, 2.75) is 46.1 Å². The Labute approximate surface area is 109 Å². The zero-order valence-corrected chi connectivity index (χ0v) is 11.5. The number of nitrogens with zero attached hydrogens (tertiary/aromatic N) is 2. The molecule has 0 amide bonds. The third kappa shape index (κ3) is 4.40. The Morgan fingerprint density at radius 3 is 2.00 bits per heavy atom. The molecule has 7 nitrogen and oxygen atoms in total. The van der Waals surface area contributed by atoms with E-state index in [1.165, 1.54) is 0 Å². The Bertz CT molecular complexity index is 251. The highest BCUT2D eigenvalue weighted by atomic mass is 15.5. The van der Waals surface area contributed by atoms with E-state index in [1.54, 1.807) is 4.90 Å². The van der Waals surface area contributed by atoms with Gasteiger partial charge in [-0.15, -0.1) is 0 Å². The molecule has 18 heavy (non-hydrogen) atoms. The molecule has 0 aliphatic carbocycles. The molecular formula is C11H25N7. The predicted molar refractivity (Wildman–Crippen MR) is 70.7 cm³/mol. The van der Waals surface area contributed by atoms with Crippen LogP contribution in [0.5, 0.6) is 0 Å². The topological polar surface area (TPSA) is 87.2 Å². The minimum absolute atomic E-state index is 0.0157. The first-order valence-electron chi connectivity index (χ1n) is 6.66. The summed E-state index contributed by atoms with van der Waals surface area (Å²) in [6.07, 6.45) is 2.97. The van der Waals surface area contributed by atoms with Gasteiger partial charge in [0.05, 0.1) is 0 Å². The lowest BCUT2D eigenvalue weighted by Crippen LogP contribution is -2.77. The van der Waals surface area contributed by atoms with E-state index in [-0.39, 0.29) is 18.9 Å². The molecule has 1 heterocycles. The molecule has 0 aromatic rings. The highest BCUT2D eigenvalue weighted by Gasteiger charge is 2.28. The van der Waals surface area contributed by atoms with Crippen LogP contribution in [0.4, 0.5) is 0 Å². The molecule has 1 aliphatic rings. The normalized spacial score (nSPS) is 27.8. The maximum atomic E-state index is 9.18. The second-order valence-electron chi connectivity index (χ2n) is 4.18. The van der Waals surface area contributed by atoms with Gasteiger partial charge in [-0.05, 0) is 19.5 Å². The van der Waals surface area contributed by atoms with E-state index >= 15 is 0 Å². The Morgan fingerprint density at radius 1 is 1.06 bits per heavy atom. The Kier molecular flexibility index (Phi) is 6.93. The first kappa shape index (κ1) is 15.1. The van der Waals surface area contributed by atoms with Gasteiger partial charge < -0.3 is 0 Å². The fourth-order valence-electron chi connectivity index (χ4n) is 1.93. The van der Waals surface area contributed by atoms with Gasteiger partial charge in [0.15, 0.2) is 6.19 Å². The van der Waals surface area contributed by atoms with Crippen LogP contribution in [0.15, 0.2) is 0 Å². The molecule has 0 saturated carbocycles. The molecule has 104 valence electrons. The summed E-state index contributed by atoms with van der Waals surface area (Å²) < 4.78 is 0. The lowest BCUT2D eigenvalue weighted by Gasteiger charge is -2.42. The summed E-state index contributed by atoms with van der Waals surface area (Å²) in [6, 6.07) is 0. The lowest BCUT2D eigenvalue weighted by atomic mass is 10.4. The molecule has 0 bridgehead atoms. The van der Waals surface area contributed by atoms with Crippen LogP contribution in [0.2, 0.25) is 0 Å². The van der Waals surface area contributed by atoms with Crippen molar-refractivity contribution in [1.29, 1.82) is 5.26 Å². The highest BCUT2D eigenvalue weighted by molar-refractivity contribution is 4.86. The van der Waals surface area contributed by atoms with Gasteiger partial charge in [0.25, 0.3) is 0 Å². The van der Waals surface area contributed by atoms with E-state index in [9.17, 15) is 5.26 Å². The van der Waals surface area contributed by atoms with E-state index in [0.717, 1.165) is 26.1 Å². The maximum absolute atomic E-state index is 9.18. The van der Waals surface area contributed by atoms with Gasteiger partial charge in [0.1, 0.15) is 18.9 Å². The summed E-state index contributed by atoms with van der Waals surface area (Å²) in [4.78, 5) is 1.72. The maximum Gasteiger partial charge on any atom is 0.181 e. The number of nitriles is 1. The monoisotopic (exact) mass is 255 g/mol. The summed E-state index contributed by atoms with van der Waals surface area (Å²) in [5.74, 6) is 0. The molecule has 0 spiro atoms. The Balaban J connectivity index is 2.62. The van der Waals surface area contributed by atoms with Crippen LogP contribution in [-0.2, 0) is 0 Å². The summed E-state index contributed by atoms with van der Waals surface area (Å²) in [5, 5.41) is 25.7. The summed E-state index contributed by atoms with van der Waals surface area (Å²) in [7, 11) is 0. The number of rotatable bonds is 7. The van der Waals surface area contributed by atoms with Crippen LogP contribution < -0.4 is 26.6 Å². The average Bonchev–Trinajstić information content (AvgIpc) is 2.36. The summed E-state index contributed by atoms with van der Waals surface area (Å²) >= 11 is 0. The Hall–Kier alpha value is -0.910. The van der Waals surface area contributed by atoms with Crippen molar-refractivity contribution in [1.82, 2.24) is 31.5 Å². The molecule has 3 atom stereocenters. The zero-order chi connectivity index (χ0) is 13.4. The second kappa shape index (κ2) is 8.24. The SMILES string of the molecule is CCCN(C#N)C1N[C@@H](NCC)N[C@@H](NCC)N1. The van der Waals surface area contributed by atoms with E-state index in [4.69, 9.17) is 0 Å². The van der Waals surface area contributed by atoms with Crippen molar-refractivity contribution in [3.8, 4) is 6.19 Å². The van der Waals surface area contributed by atoms with Crippen molar-refractivity contribution < 1.29 is 0 Å². The van der Waals surface area contributed by atoms with Gasteiger partial charge >= 0.3 is 0 Å². The van der Waals surface area contributed by atoms with Gasteiger partial charge in [0.2, 0.25) is 0 Å². The van der Waals surface area contributed by atoms with Gasteiger partial charge in [-0.3, -0.25) is 31.5 Å². The minimum Gasteiger partial charge on any atom is -0.290 e. The molecule has 1 saturated heterocycles. The fourth-order valence-corrected chi connectivity index (χ4v) is 1.93. The minimum atomic E-state index is -0.163. The van der Waals surface area contributed by atoms with Crippen molar-refractivity contribution >= 4 is 0 Å². The number of hydrogen-bond acceptors (Lipinski definition) is 7. The molecule has 7 heteroatoms. The van der Waals surface area contributed by atoms with Crippen molar-refractivity contribution in [3.63, 3.8) is 0 Å². The van der Waals surface area contributed by atoms with Gasteiger partial charge in [-0.2, -0.15) is 5.26 Å². The van der Waals surface area contributed by atoms with E-state index in [2.05, 4.69) is 53.5 Å². The highest BCUT2D eigenvalue weighted by Crippen LogP contribution is 1.99. The third-order valence-corrected chi connectivity index (χ3v) is 2.70. The van der Waals surface area contributed by atoms with Crippen molar-refractivity contribution in [2.24, 2.45) is 0 Å². The van der Waals surface area contributed by atoms with Crippen LogP contribution in [0, 0.1) is 11.5 Å². The molecule has 1 rings (SSSR count). The van der Waals surface area contributed by atoms with E-state index in [1.807, 2.05) is 0 Å². The van der Waals surface area contributed by atoms with Crippen LogP contribution in [0.3, 0.4) is 0 Å². The molecule has 1 fully saturated rings. The smallest absolute Gasteiger partial charge is 0.181 e. The second-order valence-corrected chi connectivity index (χ2v) is 4.18. The standard InChI is InChI=1S/C11H25N7/c1-4-7-18(8-12)11-16-9(13-5-2)15-10(17-11)14-6-3/h9-11,13-17H,4-7H2,1-3H3/t9-,10+,11?. The van der Waals surface area contributed by atoms with Gasteiger partial charge in [-0.1, -0.05) is 20.8 Å². The Morgan fingerprint density at radius 2 is 1.61 bits per heavy atom. The van der Waals surface area contributed by atoms with Crippen LogP contribution >= 0.6 is 0 Å². The average molecular weight is 255 g/mol. The largest absolute Gasteiger partial charge is 0.290 e. The van der Waals surface area contributed by atoms with Crippen molar-refractivity contribution in [3.05, 3.63) is 0 Å². The fraction of sp³-hybridized carbons (Fsp3) is 0.909. The zero-order valence-electron chi connectivity index (χ0n) is 11.5. The molecule has 0 radical (unpaired) electrons. The molecule has 5 N–H and O–H groups in total. The molecule has 1 unspecified atom stereocenters. The van der Waals surface area contributed by atoms with Crippen LogP contribution in [0.1, 0.15) is 27.2 Å². The quantitative estimate of drug-likeness (QED) is 0.296. The van der Waals surface area contributed by atoms with Crippen LogP contribution in [-0.4, -0.2) is 43.4 Å². The van der Waals surface area contributed by atoms with E-state index in [0.29, 0.717) is 0 Å². The van der Waals surface area contributed by atoms with Gasteiger partial charge in [0, 0.05) is 6.54 Å². The lowest BCUT2D eigenvalue weighted by molar-refractivity contribution is 0.0766. The molecule has 0 aromatic heterocycles. The summed E-state index contributed by atoms with van der Waals surface area (Å²) in [5.41, 5.74) is 0. The first-order valence-corrected chi connectivity index (χ1v) is 6.66. The van der Waals surface area contributed by atoms with Crippen LogP contribution in [0.25, 0.3) is 0 Å².